The molecule has 3 N–H and O–H groups in total. The topological polar surface area (TPSA) is 72.9 Å². The van der Waals surface area contributed by atoms with Gasteiger partial charge in [0.1, 0.15) is 5.52 Å². The van der Waals surface area contributed by atoms with Crippen LogP contribution in [0.4, 0.5) is 15.8 Å². The smallest absolute Gasteiger partial charge is 0.251 e. The summed E-state index contributed by atoms with van der Waals surface area (Å²) in [6.07, 6.45) is 1.50. The van der Waals surface area contributed by atoms with Crippen molar-refractivity contribution in [1.82, 2.24) is 9.55 Å². The Labute approximate surface area is 132 Å². The number of aryl methyl sites for hydroxylation is 3. The molecule has 0 saturated carbocycles. The maximum Gasteiger partial charge on any atom is 0.251 e. The number of rotatable bonds is 3. The molecule has 0 unspecified atom stereocenters. The maximum atomic E-state index is 14.9. The number of nitrogens with two attached hydrogens (primary N) is 1. The summed E-state index contributed by atoms with van der Waals surface area (Å²) in [5.74, 6) is -1.28. The lowest BCUT2D eigenvalue weighted by Crippen LogP contribution is -2.15. The first kappa shape index (κ1) is 15.0. The Bertz CT molecular complexity index is 930. The predicted octanol–water partition coefficient (Wildman–Crippen LogP) is 3.17. The number of amides is 1. The van der Waals surface area contributed by atoms with Gasteiger partial charge >= 0.3 is 0 Å². The van der Waals surface area contributed by atoms with E-state index >= 15 is 0 Å². The molecule has 0 bridgehead atoms. The Balaban J connectivity index is 2.21. The summed E-state index contributed by atoms with van der Waals surface area (Å²) in [4.78, 5) is 15.8. The van der Waals surface area contributed by atoms with Gasteiger partial charge in [0, 0.05) is 12.7 Å². The van der Waals surface area contributed by atoms with Crippen LogP contribution < -0.4 is 11.1 Å². The van der Waals surface area contributed by atoms with Crippen molar-refractivity contribution in [3.05, 3.63) is 53.1 Å². The summed E-state index contributed by atoms with van der Waals surface area (Å²) in [5.41, 5.74) is 9.06. The van der Waals surface area contributed by atoms with E-state index in [-0.39, 0.29) is 16.8 Å². The Hall–Kier alpha value is -2.89. The minimum Gasteiger partial charge on any atom is -0.366 e. The highest BCUT2D eigenvalue weighted by Crippen LogP contribution is 2.31. The number of benzene rings is 2. The molecule has 0 aliphatic carbocycles. The van der Waals surface area contributed by atoms with Crippen LogP contribution in [0.5, 0.6) is 0 Å². The van der Waals surface area contributed by atoms with Gasteiger partial charge in [0.15, 0.2) is 5.82 Å². The van der Waals surface area contributed by atoms with Gasteiger partial charge in [-0.1, -0.05) is 17.7 Å². The first-order valence-corrected chi connectivity index (χ1v) is 7.16. The molecule has 5 nitrogen and oxygen atoms in total. The molecular weight excluding hydrogens is 295 g/mol. The van der Waals surface area contributed by atoms with E-state index in [2.05, 4.69) is 10.3 Å². The Morgan fingerprint density at radius 3 is 2.70 bits per heavy atom. The fourth-order valence-electron chi connectivity index (χ4n) is 2.63. The lowest BCUT2D eigenvalue weighted by Gasteiger charge is -2.14. The van der Waals surface area contributed by atoms with Gasteiger partial charge in [-0.2, -0.15) is 0 Å². The fraction of sp³-hybridized carbons (Fsp3) is 0.176. The molecule has 118 valence electrons. The third-order valence-corrected chi connectivity index (χ3v) is 3.87. The number of carbonyl (C=O) groups excluding carboxylic acids is 1. The molecule has 1 aromatic heterocycles. The number of primary amides is 1. The average Bonchev–Trinajstić information content (AvgIpc) is 2.85. The molecular formula is C17H17FN4O. The van der Waals surface area contributed by atoms with Crippen molar-refractivity contribution in [3.8, 4) is 0 Å². The molecule has 0 radical (unpaired) electrons. The molecule has 1 heterocycles. The van der Waals surface area contributed by atoms with E-state index in [1.165, 1.54) is 6.33 Å². The molecule has 0 fully saturated rings. The molecule has 6 heteroatoms. The quantitative estimate of drug-likeness (QED) is 0.780. The minimum atomic E-state index is -0.695. The van der Waals surface area contributed by atoms with Crippen molar-refractivity contribution in [2.45, 2.75) is 13.8 Å². The van der Waals surface area contributed by atoms with Crippen molar-refractivity contribution in [1.29, 1.82) is 0 Å². The molecule has 0 aliphatic rings. The van der Waals surface area contributed by atoms with Gasteiger partial charge in [-0.15, -0.1) is 0 Å². The van der Waals surface area contributed by atoms with Crippen LogP contribution in [0.25, 0.3) is 11.0 Å². The summed E-state index contributed by atoms with van der Waals surface area (Å²) in [7, 11) is 1.73. The maximum absolute atomic E-state index is 14.9. The van der Waals surface area contributed by atoms with E-state index in [4.69, 9.17) is 5.73 Å². The monoisotopic (exact) mass is 312 g/mol. The van der Waals surface area contributed by atoms with Gasteiger partial charge in [-0.05, 0) is 31.5 Å². The Morgan fingerprint density at radius 1 is 1.30 bits per heavy atom. The third-order valence-electron chi connectivity index (χ3n) is 3.87. The van der Waals surface area contributed by atoms with Crippen LogP contribution in [0.15, 0.2) is 30.6 Å². The van der Waals surface area contributed by atoms with E-state index < -0.39 is 11.7 Å². The number of nitrogens with zero attached hydrogens (tertiary/aromatic N) is 2. The lowest BCUT2D eigenvalue weighted by molar-refractivity contribution is 0.100. The minimum absolute atomic E-state index is 0.0515. The fourth-order valence-corrected chi connectivity index (χ4v) is 2.63. The summed E-state index contributed by atoms with van der Waals surface area (Å²) in [6.45, 7) is 3.89. The van der Waals surface area contributed by atoms with Crippen LogP contribution in [0.1, 0.15) is 21.5 Å². The van der Waals surface area contributed by atoms with Crippen LogP contribution in [0.3, 0.4) is 0 Å². The second-order valence-corrected chi connectivity index (χ2v) is 5.64. The third kappa shape index (κ3) is 2.52. The normalized spacial score (nSPS) is 11.0. The zero-order chi connectivity index (χ0) is 16.7. The highest BCUT2D eigenvalue weighted by Gasteiger charge is 2.20. The largest absolute Gasteiger partial charge is 0.366 e. The van der Waals surface area contributed by atoms with Crippen molar-refractivity contribution < 1.29 is 9.18 Å². The number of anilines is 2. The van der Waals surface area contributed by atoms with Gasteiger partial charge < -0.3 is 15.6 Å². The summed E-state index contributed by atoms with van der Waals surface area (Å²) in [6, 6.07) is 7.29. The van der Waals surface area contributed by atoms with Gasteiger partial charge in [0.2, 0.25) is 0 Å². The van der Waals surface area contributed by atoms with Gasteiger partial charge in [0.05, 0.1) is 23.1 Å². The summed E-state index contributed by atoms with van der Waals surface area (Å²) >= 11 is 0. The summed E-state index contributed by atoms with van der Waals surface area (Å²) in [5, 5.41) is 2.99. The number of imidazole rings is 1. The van der Waals surface area contributed by atoms with Gasteiger partial charge in [-0.3, -0.25) is 4.79 Å². The second-order valence-electron chi connectivity index (χ2n) is 5.64. The van der Waals surface area contributed by atoms with E-state index in [0.29, 0.717) is 11.2 Å². The molecule has 0 saturated heterocycles. The van der Waals surface area contributed by atoms with Crippen molar-refractivity contribution >= 4 is 28.3 Å². The number of hydrogen-bond acceptors (Lipinski definition) is 3. The number of hydrogen-bond donors (Lipinski definition) is 2. The molecule has 23 heavy (non-hydrogen) atoms. The Kier molecular flexibility index (Phi) is 3.52. The van der Waals surface area contributed by atoms with E-state index in [0.717, 1.165) is 11.1 Å². The van der Waals surface area contributed by atoms with Crippen molar-refractivity contribution in [2.24, 2.45) is 12.8 Å². The molecule has 0 atom stereocenters. The Morgan fingerprint density at radius 2 is 2.04 bits per heavy atom. The van der Waals surface area contributed by atoms with Crippen LogP contribution in [-0.4, -0.2) is 15.5 Å². The zero-order valence-corrected chi connectivity index (χ0v) is 13.1. The highest BCUT2D eigenvalue weighted by molar-refractivity contribution is 6.03. The lowest BCUT2D eigenvalue weighted by atomic mass is 10.1. The van der Waals surface area contributed by atoms with E-state index in [9.17, 15) is 9.18 Å². The first-order valence-electron chi connectivity index (χ1n) is 7.16. The standard InChI is InChI=1S/C17H17FN4O/c1-9-4-5-12(10(2)6-9)21-15-11(17(19)23)7-13-16(14(15)18)20-8-22(13)3/h4-8,21H,1-3H3,(H2,19,23). The zero-order valence-electron chi connectivity index (χ0n) is 13.1. The predicted molar refractivity (Wildman–Crippen MR) is 88.4 cm³/mol. The number of halogens is 1. The number of nitrogens with one attached hydrogen (secondary N) is 1. The molecule has 0 aliphatic heterocycles. The van der Waals surface area contributed by atoms with Gasteiger partial charge in [-0.25, -0.2) is 9.37 Å². The molecule has 3 rings (SSSR count). The summed E-state index contributed by atoms with van der Waals surface area (Å²) < 4.78 is 16.5. The molecule has 3 aromatic rings. The number of fused-ring (bicyclic) bond motifs is 1. The van der Waals surface area contributed by atoms with Crippen LogP contribution in [-0.2, 0) is 7.05 Å². The molecule has 1 amide bonds. The number of carbonyl (C=O) groups is 1. The molecule has 2 aromatic carbocycles. The highest BCUT2D eigenvalue weighted by atomic mass is 19.1. The van der Waals surface area contributed by atoms with E-state index in [1.54, 1.807) is 17.7 Å². The average molecular weight is 312 g/mol. The van der Waals surface area contributed by atoms with Gasteiger partial charge in [0.25, 0.3) is 5.91 Å². The number of aromatic nitrogens is 2. The SMILES string of the molecule is Cc1ccc(Nc2c(C(N)=O)cc3c(ncn3C)c2F)c(C)c1. The van der Waals surface area contributed by atoms with Crippen LogP contribution >= 0.6 is 0 Å². The van der Waals surface area contributed by atoms with Crippen LogP contribution in [0, 0.1) is 19.7 Å². The molecule has 0 spiro atoms. The first-order chi connectivity index (χ1) is 10.9. The van der Waals surface area contributed by atoms with Crippen LogP contribution in [0.2, 0.25) is 0 Å². The van der Waals surface area contributed by atoms with Crippen molar-refractivity contribution in [2.75, 3.05) is 5.32 Å². The van der Waals surface area contributed by atoms with Crippen molar-refractivity contribution in [3.63, 3.8) is 0 Å². The van der Waals surface area contributed by atoms with E-state index in [1.807, 2.05) is 32.0 Å². The second kappa shape index (κ2) is 5.39.